The Kier molecular flexibility index (Phi) is 6.75. The highest BCUT2D eigenvalue weighted by atomic mass is 79.9. The van der Waals surface area contributed by atoms with Crippen LogP contribution >= 0.6 is 15.9 Å². The molecule has 0 aliphatic carbocycles. The van der Waals surface area contributed by atoms with Gasteiger partial charge in [0, 0.05) is 34.2 Å². The number of non-ortho nitro benzene ring substituents is 1. The third kappa shape index (κ3) is 5.51. The number of carbonyl (C=O) groups is 4. The van der Waals surface area contributed by atoms with Gasteiger partial charge in [-0.05, 0) is 24.3 Å². The van der Waals surface area contributed by atoms with Crippen LogP contribution in [0, 0.1) is 16.0 Å². The van der Waals surface area contributed by atoms with Gasteiger partial charge in [0.1, 0.15) is 0 Å². The van der Waals surface area contributed by atoms with Gasteiger partial charge in [0.15, 0.2) is 12.4 Å². The van der Waals surface area contributed by atoms with Crippen LogP contribution < -0.4 is 5.43 Å². The molecular formula is C20H16BrN3O7. The largest absolute Gasteiger partial charge is 0.457 e. The number of esters is 1. The van der Waals surface area contributed by atoms with Crippen LogP contribution in [0.15, 0.2) is 53.0 Å². The number of Topliss-reactive ketones (excluding diaryl/α,β-unsaturated/α-hetero) is 1. The minimum absolute atomic E-state index is 0.108. The number of nitrogens with one attached hydrogen (secondary N) is 1. The molecule has 0 bridgehead atoms. The fourth-order valence-electron chi connectivity index (χ4n) is 2.87. The lowest BCUT2D eigenvalue weighted by Gasteiger charge is -2.17. The number of amides is 2. The predicted octanol–water partition coefficient (Wildman–Crippen LogP) is 2.28. The minimum Gasteiger partial charge on any atom is -0.457 e. The maximum Gasteiger partial charge on any atom is 0.311 e. The number of benzene rings is 2. The molecule has 0 radical (unpaired) electrons. The van der Waals surface area contributed by atoms with Crippen molar-refractivity contribution in [3.8, 4) is 0 Å². The smallest absolute Gasteiger partial charge is 0.311 e. The average molecular weight is 490 g/mol. The lowest BCUT2D eigenvalue weighted by Crippen LogP contribution is -2.43. The minimum atomic E-state index is -0.831. The second kappa shape index (κ2) is 9.47. The summed E-state index contributed by atoms with van der Waals surface area (Å²) < 4.78 is 5.85. The van der Waals surface area contributed by atoms with E-state index in [4.69, 9.17) is 4.74 Å². The number of halogens is 1. The van der Waals surface area contributed by atoms with Crippen molar-refractivity contribution in [1.29, 1.82) is 0 Å². The lowest BCUT2D eigenvalue weighted by molar-refractivity contribution is -0.384. The van der Waals surface area contributed by atoms with Gasteiger partial charge in [0.2, 0.25) is 5.91 Å². The molecule has 0 saturated carbocycles. The summed E-state index contributed by atoms with van der Waals surface area (Å²) in [4.78, 5) is 58.8. The predicted molar refractivity (Wildman–Crippen MR) is 110 cm³/mol. The number of hydrogen-bond acceptors (Lipinski definition) is 7. The third-order valence-electron chi connectivity index (χ3n) is 4.55. The number of ketones is 1. The zero-order valence-corrected chi connectivity index (χ0v) is 17.5. The van der Waals surface area contributed by atoms with Gasteiger partial charge in [-0.2, -0.15) is 0 Å². The number of hydrazine groups is 1. The average Bonchev–Trinajstić information content (AvgIpc) is 3.12. The zero-order valence-electron chi connectivity index (χ0n) is 15.9. The van der Waals surface area contributed by atoms with E-state index in [9.17, 15) is 29.3 Å². The molecule has 1 unspecified atom stereocenters. The number of carbonyl (C=O) groups excluding carboxylic acids is 4. The van der Waals surface area contributed by atoms with Crippen molar-refractivity contribution < 1.29 is 28.8 Å². The quantitative estimate of drug-likeness (QED) is 0.272. The Morgan fingerprint density at radius 1 is 1.10 bits per heavy atom. The van der Waals surface area contributed by atoms with Crippen molar-refractivity contribution in [3.63, 3.8) is 0 Å². The normalized spacial score (nSPS) is 15.5. The number of hydrogen-bond donors (Lipinski definition) is 1. The van der Waals surface area contributed by atoms with Crippen molar-refractivity contribution in [1.82, 2.24) is 10.4 Å². The first-order chi connectivity index (χ1) is 14.7. The maximum atomic E-state index is 12.3. The summed E-state index contributed by atoms with van der Waals surface area (Å²) in [6.07, 6.45) is -0.175. The van der Waals surface area contributed by atoms with Gasteiger partial charge < -0.3 is 4.74 Å². The van der Waals surface area contributed by atoms with Gasteiger partial charge in [-0.1, -0.05) is 28.1 Å². The van der Waals surface area contributed by atoms with Crippen LogP contribution in [-0.4, -0.2) is 46.7 Å². The van der Waals surface area contributed by atoms with Crippen molar-refractivity contribution in [2.45, 2.75) is 6.42 Å². The summed E-state index contributed by atoms with van der Waals surface area (Å²) in [5.74, 6) is -3.07. The number of rotatable bonds is 7. The summed E-state index contributed by atoms with van der Waals surface area (Å²) in [5, 5.41) is 11.7. The number of ether oxygens (including phenoxy) is 1. The molecule has 1 aliphatic heterocycles. The van der Waals surface area contributed by atoms with Gasteiger partial charge in [-0.25, -0.2) is 0 Å². The first-order valence-electron chi connectivity index (χ1n) is 9.06. The Bertz CT molecular complexity index is 1040. The van der Waals surface area contributed by atoms with E-state index in [1.165, 1.54) is 24.3 Å². The SMILES string of the molecule is O=C(COC(=O)C1CC(=O)N(NC(=O)c2ccc([N+](=O)[O-])cc2)C1)c1ccc(Br)cc1. The van der Waals surface area contributed by atoms with E-state index in [0.717, 1.165) is 9.48 Å². The zero-order chi connectivity index (χ0) is 22.5. The second-order valence-electron chi connectivity index (χ2n) is 6.69. The fourth-order valence-corrected chi connectivity index (χ4v) is 3.13. The van der Waals surface area contributed by atoms with Gasteiger partial charge in [0.05, 0.1) is 17.4 Å². The van der Waals surface area contributed by atoms with Gasteiger partial charge in [-0.15, -0.1) is 0 Å². The highest BCUT2D eigenvalue weighted by molar-refractivity contribution is 9.10. The Morgan fingerprint density at radius 2 is 1.71 bits per heavy atom. The van der Waals surface area contributed by atoms with Crippen LogP contribution in [0.3, 0.4) is 0 Å². The van der Waals surface area contributed by atoms with Crippen LogP contribution in [0.2, 0.25) is 0 Å². The Balaban J connectivity index is 1.52. The van der Waals surface area contributed by atoms with Crippen molar-refractivity contribution >= 4 is 45.2 Å². The maximum absolute atomic E-state index is 12.3. The third-order valence-corrected chi connectivity index (χ3v) is 5.08. The Labute approximate surface area is 184 Å². The van der Waals surface area contributed by atoms with Crippen molar-refractivity contribution in [2.75, 3.05) is 13.2 Å². The molecule has 1 heterocycles. The first kappa shape index (κ1) is 22.1. The van der Waals surface area contributed by atoms with E-state index in [0.29, 0.717) is 5.56 Å². The topological polar surface area (TPSA) is 136 Å². The Hall–Kier alpha value is -3.60. The highest BCUT2D eigenvalue weighted by Crippen LogP contribution is 2.19. The lowest BCUT2D eigenvalue weighted by atomic mass is 10.1. The molecule has 10 nitrogen and oxygen atoms in total. The molecule has 0 aromatic heterocycles. The molecule has 160 valence electrons. The van der Waals surface area contributed by atoms with Gasteiger partial charge in [-0.3, -0.25) is 39.7 Å². The highest BCUT2D eigenvalue weighted by Gasteiger charge is 2.36. The number of nitro benzene ring substituents is 1. The van der Waals surface area contributed by atoms with E-state index < -0.39 is 35.2 Å². The van der Waals surface area contributed by atoms with Gasteiger partial charge in [0.25, 0.3) is 11.6 Å². The van der Waals surface area contributed by atoms with E-state index in [1.807, 2.05) is 0 Å². The Morgan fingerprint density at radius 3 is 2.32 bits per heavy atom. The molecule has 11 heteroatoms. The van der Waals surface area contributed by atoms with Crippen LogP contribution in [0.4, 0.5) is 5.69 Å². The molecule has 2 amide bonds. The van der Waals surface area contributed by atoms with E-state index in [1.54, 1.807) is 24.3 Å². The van der Waals surface area contributed by atoms with Crippen LogP contribution in [0.1, 0.15) is 27.1 Å². The van der Waals surface area contributed by atoms with E-state index in [-0.39, 0.29) is 30.0 Å². The fraction of sp³-hybridized carbons (Fsp3) is 0.200. The molecule has 3 rings (SSSR count). The van der Waals surface area contributed by atoms with Crippen molar-refractivity contribution in [3.05, 3.63) is 74.2 Å². The van der Waals surface area contributed by atoms with E-state index >= 15 is 0 Å². The van der Waals surface area contributed by atoms with Crippen molar-refractivity contribution in [2.24, 2.45) is 5.92 Å². The molecule has 1 fully saturated rings. The van der Waals surface area contributed by atoms with Crippen LogP contribution in [-0.2, 0) is 14.3 Å². The summed E-state index contributed by atoms with van der Waals surface area (Å²) >= 11 is 3.26. The van der Waals surface area contributed by atoms with Crippen LogP contribution in [0.25, 0.3) is 0 Å². The number of nitrogens with zero attached hydrogens (tertiary/aromatic N) is 2. The molecule has 2 aromatic rings. The molecule has 1 atom stereocenters. The molecule has 2 aromatic carbocycles. The summed E-state index contributed by atoms with van der Waals surface area (Å²) in [7, 11) is 0. The molecule has 0 spiro atoms. The summed E-state index contributed by atoms with van der Waals surface area (Å²) in [6, 6.07) is 11.4. The standard InChI is InChI=1S/C20H16BrN3O7/c21-15-5-1-12(2-6-15)17(25)11-31-20(28)14-9-18(26)23(10-14)22-19(27)13-3-7-16(8-4-13)24(29)30/h1-8,14H,9-11H2,(H,22,27). The molecule has 1 aliphatic rings. The molecular weight excluding hydrogens is 474 g/mol. The van der Waals surface area contributed by atoms with Gasteiger partial charge >= 0.3 is 5.97 Å². The van der Waals surface area contributed by atoms with E-state index in [2.05, 4.69) is 21.4 Å². The first-order valence-corrected chi connectivity index (χ1v) is 9.85. The summed E-state index contributed by atoms with van der Waals surface area (Å²) in [6.45, 7) is -0.566. The number of nitro groups is 1. The van der Waals surface area contributed by atoms with Crippen LogP contribution in [0.5, 0.6) is 0 Å². The summed E-state index contributed by atoms with van der Waals surface area (Å²) in [5.41, 5.74) is 2.70. The molecule has 31 heavy (non-hydrogen) atoms. The second-order valence-corrected chi connectivity index (χ2v) is 7.60. The monoisotopic (exact) mass is 489 g/mol. The molecule has 1 saturated heterocycles. The molecule has 1 N–H and O–H groups in total.